The third-order valence-electron chi connectivity index (χ3n) is 3.78. The zero-order valence-electron chi connectivity index (χ0n) is 11.9. The van der Waals surface area contributed by atoms with E-state index in [1.54, 1.807) is 0 Å². The van der Waals surface area contributed by atoms with Crippen molar-refractivity contribution in [3.8, 4) is 0 Å². The molecule has 0 aliphatic carbocycles. The zero-order chi connectivity index (χ0) is 14.8. The van der Waals surface area contributed by atoms with E-state index in [0.29, 0.717) is 5.56 Å². The van der Waals surface area contributed by atoms with Gasteiger partial charge in [0, 0.05) is 28.1 Å². The van der Waals surface area contributed by atoms with E-state index >= 15 is 0 Å². The summed E-state index contributed by atoms with van der Waals surface area (Å²) in [4.78, 5) is 17.1. The Labute approximate surface area is 132 Å². The summed E-state index contributed by atoms with van der Waals surface area (Å²) in [6.45, 7) is 3.80. The van der Waals surface area contributed by atoms with Crippen LogP contribution in [0.3, 0.4) is 0 Å². The molecular formula is C16H18BrN3O. The average molecular weight is 348 g/mol. The van der Waals surface area contributed by atoms with E-state index in [9.17, 15) is 4.79 Å². The second-order valence-electron chi connectivity index (χ2n) is 5.49. The lowest BCUT2D eigenvalue weighted by Crippen LogP contribution is -2.45. The fraction of sp³-hybridized carbons (Fsp3) is 0.375. The van der Waals surface area contributed by atoms with Crippen LogP contribution in [-0.4, -0.2) is 30.0 Å². The van der Waals surface area contributed by atoms with Gasteiger partial charge in [0.2, 0.25) is 0 Å². The van der Waals surface area contributed by atoms with Gasteiger partial charge < -0.3 is 10.6 Å². The minimum Gasteiger partial charge on any atom is -0.348 e. The van der Waals surface area contributed by atoms with Gasteiger partial charge in [-0.3, -0.25) is 9.78 Å². The number of fused-ring (bicyclic) bond motifs is 1. The molecule has 0 saturated carbocycles. The third kappa shape index (κ3) is 3.24. The van der Waals surface area contributed by atoms with Gasteiger partial charge in [-0.1, -0.05) is 15.9 Å². The lowest BCUT2D eigenvalue weighted by molar-refractivity contribution is 0.0932. The van der Waals surface area contributed by atoms with Crippen molar-refractivity contribution in [3.63, 3.8) is 0 Å². The van der Waals surface area contributed by atoms with E-state index in [0.717, 1.165) is 47.0 Å². The summed E-state index contributed by atoms with van der Waals surface area (Å²) in [6.07, 6.45) is 2.14. The molecule has 0 radical (unpaired) electrons. The smallest absolute Gasteiger partial charge is 0.252 e. The van der Waals surface area contributed by atoms with E-state index in [1.807, 2.05) is 31.2 Å². The van der Waals surface area contributed by atoms with E-state index in [1.165, 1.54) is 0 Å². The van der Waals surface area contributed by atoms with E-state index in [2.05, 4.69) is 31.5 Å². The second-order valence-corrected chi connectivity index (χ2v) is 6.41. The molecule has 1 aliphatic rings. The maximum Gasteiger partial charge on any atom is 0.252 e. The Morgan fingerprint density at radius 2 is 2.29 bits per heavy atom. The molecule has 2 aromatic rings. The number of piperidine rings is 1. The standard InChI is InChI=1S/C16H18BrN3O/c1-10-7-14(13-8-11(17)4-5-15(13)19-10)16(21)20-12-3-2-6-18-9-12/h4-5,7-8,12,18H,2-3,6,9H2,1H3,(H,20,21)/t12-/m0/s1. The molecule has 1 fully saturated rings. The zero-order valence-corrected chi connectivity index (χ0v) is 13.5. The summed E-state index contributed by atoms with van der Waals surface area (Å²) in [5, 5.41) is 7.33. The fourth-order valence-electron chi connectivity index (χ4n) is 2.76. The number of nitrogens with zero attached hydrogens (tertiary/aromatic N) is 1. The van der Waals surface area contributed by atoms with E-state index in [-0.39, 0.29) is 11.9 Å². The Hall–Kier alpha value is -1.46. The summed E-state index contributed by atoms with van der Waals surface area (Å²) < 4.78 is 0.953. The molecule has 2 heterocycles. The molecule has 1 aromatic carbocycles. The first kappa shape index (κ1) is 14.5. The minimum absolute atomic E-state index is 0.0164. The number of rotatable bonds is 2. The highest BCUT2D eigenvalue weighted by molar-refractivity contribution is 9.10. The van der Waals surface area contributed by atoms with Gasteiger partial charge in [-0.15, -0.1) is 0 Å². The number of carbonyl (C=O) groups excluding carboxylic acids is 1. The molecule has 0 bridgehead atoms. The molecule has 21 heavy (non-hydrogen) atoms. The maximum absolute atomic E-state index is 12.6. The van der Waals surface area contributed by atoms with Gasteiger partial charge in [-0.05, 0) is 50.6 Å². The van der Waals surface area contributed by atoms with Crippen LogP contribution in [0.1, 0.15) is 28.9 Å². The van der Waals surface area contributed by atoms with Gasteiger partial charge in [0.1, 0.15) is 0 Å². The minimum atomic E-state index is -0.0164. The highest BCUT2D eigenvalue weighted by Gasteiger charge is 2.18. The molecule has 5 heteroatoms. The normalized spacial score (nSPS) is 18.7. The molecule has 0 spiro atoms. The molecule has 1 aromatic heterocycles. The monoisotopic (exact) mass is 347 g/mol. The molecule has 1 atom stereocenters. The van der Waals surface area contributed by atoms with Crippen molar-refractivity contribution in [2.24, 2.45) is 0 Å². The van der Waals surface area contributed by atoms with Crippen molar-refractivity contribution in [1.82, 2.24) is 15.6 Å². The first-order chi connectivity index (χ1) is 10.1. The molecule has 2 N–H and O–H groups in total. The Morgan fingerprint density at radius 1 is 1.43 bits per heavy atom. The topological polar surface area (TPSA) is 54.0 Å². The van der Waals surface area contributed by atoms with Crippen LogP contribution in [-0.2, 0) is 0 Å². The maximum atomic E-state index is 12.6. The average Bonchev–Trinajstić information content (AvgIpc) is 2.48. The number of hydrogen-bond donors (Lipinski definition) is 2. The molecule has 1 saturated heterocycles. The van der Waals surface area contributed by atoms with Gasteiger partial charge >= 0.3 is 0 Å². The first-order valence-electron chi connectivity index (χ1n) is 7.22. The summed E-state index contributed by atoms with van der Waals surface area (Å²) >= 11 is 3.46. The van der Waals surface area contributed by atoms with Crippen LogP contribution in [0, 0.1) is 6.92 Å². The summed E-state index contributed by atoms with van der Waals surface area (Å²) in [5.41, 5.74) is 2.41. The SMILES string of the molecule is Cc1cc(C(=O)N[C@H]2CCCNC2)c2cc(Br)ccc2n1. The van der Waals surface area contributed by atoms with Crippen LogP contribution >= 0.6 is 15.9 Å². The number of pyridine rings is 1. The number of aromatic nitrogens is 1. The van der Waals surface area contributed by atoms with Crippen LogP contribution in [0.15, 0.2) is 28.7 Å². The number of carbonyl (C=O) groups is 1. The van der Waals surface area contributed by atoms with Crippen molar-refractivity contribution in [3.05, 3.63) is 40.0 Å². The molecule has 110 valence electrons. The Kier molecular flexibility index (Phi) is 4.22. The van der Waals surface area contributed by atoms with E-state index < -0.39 is 0 Å². The lowest BCUT2D eigenvalue weighted by Gasteiger charge is -2.24. The van der Waals surface area contributed by atoms with Gasteiger partial charge in [-0.2, -0.15) is 0 Å². The number of halogens is 1. The summed E-state index contributed by atoms with van der Waals surface area (Å²) in [7, 11) is 0. The van der Waals surface area contributed by atoms with Crippen molar-refractivity contribution >= 4 is 32.7 Å². The Balaban J connectivity index is 1.94. The number of aryl methyl sites for hydroxylation is 1. The van der Waals surface area contributed by atoms with E-state index in [4.69, 9.17) is 0 Å². The highest BCUT2D eigenvalue weighted by atomic mass is 79.9. The van der Waals surface area contributed by atoms with Crippen molar-refractivity contribution in [1.29, 1.82) is 0 Å². The molecular weight excluding hydrogens is 330 g/mol. The fourth-order valence-corrected chi connectivity index (χ4v) is 3.12. The van der Waals surface area contributed by atoms with Crippen LogP contribution in [0.5, 0.6) is 0 Å². The van der Waals surface area contributed by atoms with Gasteiger partial charge in [0.05, 0.1) is 11.1 Å². The van der Waals surface area contributed by atoms with Crippen molar-refractivity contribution in [2.75, 3.05) is 13.1 Å². The quantitative estimate of drug-likeness (QED) is 0.878. The molecule has 4 nitrogen and oxygen atoms in total. The molecule has 1 amide bonds. The Morgan fingerprint density at radius 3 is 3.05 bits per heavy atom. The molecule has 3 rings (SSSR count). The number of amides is 1. The largest absolute Gasteiger partial charge is 0.348 e. The van der Waals surface area contributed by atoms with Crippen LogP contribution in [0.2, 0.25) is 0 Å². The van der Waals surface area contributed by atoms with Gasteiger partial charge in [-0.25, -0.2) is 0 Å². The third-order valence-corrected chi connectivity index (χ3v) is 4.27. The van der Waals surface area contributed by atoms with Gasteiger partial charge in [0.25, 0.3) is 5.91 Å². The second kappa shape index (κ2) is 6.12. The van der Waals surface area contributed by atoms with Crippen LogP contribution in [0.4, 0.5) is 0 Å². The Bertz CT molecular complexity index is 681. The molecule has 1 aliphatic heterocycles. The number of hydrogen-bond acceptors (Lipinski definition) is 3. The lowest BCUT2D eigenvalue weighted by atomic mass is 10.0. The molecule has 0 unspecified atom stereocenters. The predicted octanol–water partition coefficient (Wildman–Crippen LogP) is 2.79. The summed E-state index contributed by atoms with van der Waals surface area (Å²) in [5.74, 6) is -0.0164. The first-order valence-corrected chi connectivity index (χ1v) is 8.01. The van der Waals surface area contributed by atoms with Crippen LogP contribution in [0.25, 0.3) is 10.9 Å². The van der Waals surface area contributed by atoms with Crippen molar-refractivity contribution < 1.29 is 4.79 Å². The number of benzene rings is 1. The van der Waals surface area contributed by atoms with Crippen molar-refractivity contribution in [2.45, 2.75) is 25.8 Å². The highest BCUT2D eigenvalue weighted by Crippen LogP contribution is 2.23. The van der Waals surface area contributed by atoms with Crippen LogP contribution < -0.4 is 10.6 Å². The predicted molar refractivity (Wildman–Crippen MR) is 87.5 cm³/mol. The number of nitrogens with one attached hydrogen (secondary N) is 2. The van der Waals surface area contributed by atoms with Gasteiger partial charge in [0.15, 0.2) is 0 Å². The summed E-state index contributed by atoms with van der Waals surface area (Å²) in [6, 6.07) is 7.91.